The van der Waals surface area contributed by atoms with Crippen LogP contribution >= 0.6 is 11.5 Å². The largest absolute Gasteiger partial charge is 0.481 e. The third kappa shape index (κ3) is 4.89. The molecule has 1 saturated carbocycles. The molecule has 0 bridgehead atoms. The molecule has 7 nitrogen and oxygen atoms in total. The first-order valence-corrected chi connectivity index (χ1v) is 12.8. The van der Waals surface area contributed by atoms with Gasteiger partial charge >= 0.3 is 12.1 Å². The summed E-state index contributed by atoms with van der Waals surface area (Å²) < 4.78 is 9.87. The number of aliphatic carboxylic acids is 1. The molecule has 2 N–H and O–H groups in total. The number of carboxylic acids is 1. The van der Waals surface area contributed by atoms with Gasteiger partial charge in [0.2, 0.25) is 0 Å². The minimum atomic E-state index is -0.716. The van der Waals surface area contributed by atoms with E-state index in [4.69, 9.17) is 4.74 Å². The maximum absolute atomic E-state index is 12.4. The molecule has 0 spiro atoms. The van der Waals surface area contributed by atoms with Crippen molar-refractivity contribution in [1.29, 1.82) is 0 Å². The number of aryl methyl sites for hydroxylation is 1. The Labute approximate surface area is 208 Å². The second kappa shape index (κ2) is 9.70. The van der Waals surface area contributed by atoms with Gasteiger partial charge in [-0.1, -0.05) is 54.6 Å². The molecule has 0 unspecified atom stereocenters. The Bertz CT molecular complexity index is 1200. The van der Waals surface area contributed by atoms with Crippen LogP contribution in [0.3, 0.4) is 0 Å². The summed E-state index contributed by atoms with van der Waals surface area (Å²) >= 11 is 1.40. The zero-order valence-electron chi connectivity index (χ0n) is 19.7. The molecule has 35 heavy (non-hydrogen) atoms. The molecule has 2 heterocycles. The standard InChI is InChI=1S/C27H29N3O4S/c1-18-23(28-26(33)34-17-19-5-3-2-4-6-19)24(35-29-18)30-15-11-21(12-16-30)20-7-9-22(10-8-20)27(13-14-27)25(31)32/h2-10,21H,11-17H2,1H3,(H,28,33)(H,31,32). The van der Waals surface area contributed by atoms with Gasteiger partial charge in [-0.05, 0) is 66.7 Å². The van der Waals surface area contributed by atoms with Crippen LogP contribution in [0.5, 0.6) is 0 Å². The van der Waals surface area contributed by atoms with Crippen molar-refractivity contribution in [3.63, 3.8) is 0 Å². The highest BCUT2D eigenvalue weighted by atomic mass is 32.1. The van der Waals surface area contributed by atoms with Gasteiger partial charge in [0.1, 0.15) is 17.3 Å². The van der Waals surface area contributed by atoms with E-state index in [0.717, 1.165) is 66.3 Å². The molecule has 2 aromatic carbocycles. The van der Waals surface area contributed by atoms with Gasteiger partial charge in [0.25, 0.3) is 0 Å². The predicted molar refractivity (Wildman–Crippen MR) is 136 cm³/mol. The van der Waals surface area contributed by atoms with Crippen LogP contribution in [0.4, 0.5) is 15.5 Å². The Balaban J connectivity index is 1.18. The minimum Gasteiger partial charge on any atom is -0.481 e. The first-order valence-electron chi connectivity index (χ1n) is 12.0. The Morgan fingerprint density at radius 2 is 1.80 bits per heavy atom. The summed E-state index contributed by atoms with van der Waals surface area (Å²) in [6, 6.07) is 17.8. The molecule has 5 rings (SSSR count). The summed E-state index contributed by atoms with van der Waals surface area (Å²) in [5, 5.41) is 13.4. The van der Waals surface area contributed by atoms with Gasteiger partial charge in [-0.15, -0.1) is 0 Å². The quantitative estimate of drug-likeness (QED) is 0.440. The topological polar surface area (TPSA) is 91.8 Å². The fourth-order valence-electron chi connectivity index (χ4n) is 4.82. The number of anilines is 2. The first-order chi connectivity index (χ1) is 17.0. The number of nitrogens with one attached hydrogen (secondary N) is 1. The third-order valence-electron chi connectivity index (χ3n) is 7.16. The highest BCUT2D eigenvalue weighted by Crippen LogP contribution is 2.48. The number of hydrogen-bond acceptors (Lipinski definition) is 6. The fraction of sp³-hybridized carbons (Fsp3) is 0.370. The average molecular weight is 492 g/mol. The smallest absolute Gasteiger partial charge is 0.412 e. The Hall–Kier alpha value is -3.39. The molecule has 1 saturated heterocycles. The number of piperidine rings is 1. The van der Waals surface area contributed by atoms with Crippen molar-refractivity contribution in [1.82, 2.24) is 4.37 Å². The zero-order chi connectivity index (χ0) is 24.4. The van der Waals surface area contributed by atoms with Crippen molar-refractivity contribution in [2.24, 2.45) is 0 Å². The molecule has 1 aliphatic carbocycles. The Morgan fingerprint density at radius 1 is 1.11 bits per heavy atom. The van der Waals surface area contributed by atoms with Crippen molar-refractivity contribution < 1.29 is 19.4 Å². The van der Waals surface area contributed by atoms with Gasteiger partial charge < -0.3 is 14.7 Å². The van der Waals surface area contributed by atoms with Gasteiger partial charge in [0, 0.05) is 13.1 Å². The normalized spacial score (nSPS) is 17.1. The summed E-state index contributed by atoms with van der Waals surface area (Å²) in [6.07, 6.45) is 2.94. The van der Waals surface area contributed by atoms with Crippen molar-refractivity contribution in [2.75, 3.05) is 23.3 Å². The lowest BCUT2D eigenvalue weighted by atomic mass is 9.87. The molecular weight excluding hydrogens is 462 g/mol. The van der Waals surface area contributed by atoms with Crippen LogP contribution in [0.25, 0.3) is 0 Å². The number of hydrogen-bond donors (Lipinski definition) is 2. The summed E-state index contributed by atoms with van der Waals surface area (Å²) in [4.78, 5) is 26.3. The fourth-order valence-corrected chi connectivity index (χ4v) is 5.72. The number of nitrogens with zero attached hydrogens (tertiary/aromatic N) is 2. The van der Waals surface area contributed by atoms with E-state index in [0.29, 0.717) is 5.92 Å². The van der Waals surface area contributed by atoms with E-state index in [2.05, 4.69) is 26.7 Å². The predicted octanol–water partition coefficient (Wildman–Crippen LogP) is 5.70. The number of rotatable bonds is 7. The molecule has 3 aromatic rings. The van der Waals surface area contributed by atoms with Crippen molar-refractivity contribution >= 4 is 34.3 Å². The van der Waals surface area contributed by atoms with Crippen molar-refractivity contribution in [3.05, 3.63) is 77.0 Å². The van der Waals surface area contributed by atoms with Crippen LogP contribution in [0, 0.1) is 6.92 Å². The SMILES string of the molecule is Cc1nsc(N2CCC(c3ccc(C4(C(=O)O)CC4)cc3)CC2)c1NC(=O)OCc1ccccc1. The molecule has 0 radical (unpaired) electrons. The summed E-state index contributed by atoms with van der Waals surface area (Å²) in [6.45, 7) is 3.84. The van der Waals surface area contributed by atoms with Crippen LogP contribution in [0.15, 0.2) is 54.6 Å². The lowest BCUT2D eigenvalue weighted by molar-refractivity contribution is -0.140. The number of carboxylic acid groups (broad SMARTS) is 1. The number of carbonyl (C=O) groups excluding carboxylic acids is 1. The van der Waals surface area contributed by atoms with Gasteiger partial charge in [0.05, 0.1) is 11.1 Å². The van der Waals surface area contributed by atoms with Gasteiger partial charge in [0.15, 0.2) is 0 Å². The van der Waals surface area contributed by atoms with E-state index in [1.807, 2.05) is 49.4 Å². The second-order valence-corrected chi connectivity index (χ2v) is 10.2. The highest BCUT2D eigenvalue weighted by molar-refractivity contribution is 7.11. The highest BCUT2D eigenvalue weighted by Gasteiger charge is 2.51. The minimum absolute atomic E-state index is 0.219. The number of ether oxygens (including phenoxy) is 1. The lowest BCUT2D eigenvalue weighted by Gasteiger charge is -2.33. The number of benzene rings is 2. The number of amides is 1. The number of carbonyl (C=O) groups is 2. The molecular formula is C27H29N3O4S. The monoisotopic (exact) mass is 491 g/mol. The molecule has 2 aliphatic rings. The van der Waals surface area contributed by atoms with Crippen LogP contribution in [-0.4, -0.2) is 34.6 Å². The van der Waals surface area contributed by atoms with Gasteiger partial charge in [-0.25, -0.2) is 4.79 Å². The molecule has 0 atom stereocenters. The van der Waals surface area contributed by atoms with Crippen LogP contribution in [0.2, 0.25) is 0 Å². The van der Waals surface area contributed by atoms with E-state index in [9.17, 15) is 14.7 Å². The lowest BCUT2D eigenvalue weighted by Crippen LogP contribution is -2.33. The van der Waals surface area contributed by atoms with E-state index in [-0.39, 0.29) is 6.61 Å². The van der Waals surface area contributed by atoms with E-state index in [1.165, 1.54) is 17.1 Å². The van der Waals surface area contributed by atoms with E-state index < -0.39 is 17.5 Å². The van der Waals surface area contributed by atoms with Crippen molar-refractivity contribution in [3.8, 4) is 0 Å². The van der Waals surface area contributed by atoms with Crippen LogP contribution in [0.1, 0.15) is 54.0 Å². The zero-order valence-corrected chi connectivity index (χ0v) is 20.5. The van der Waals surface area contributed by atoms with Gasteiger partial charge in [-0.3, -0.25) is 10.1 Å². The van der Waals surface area contributed by atoms with Gasteiger partial charge in [-0.2, -0.15) is 4.37 Å². The first kappa shape index (κ1) is 23.4. The van der Waals surface area contributed by atoms with E-state index in [1.54, 1.807) is 0 Å². The molecule has 1 aromatic heterocycles. The second-order valence-electron chi connectivity index (χ2n) is 9.41. The maximum atomic E-state index is 12.4. The molecule has 2 fully saturated rings. The summed E-state index contributed by atoms with van der Waals surface area (Å²) in [5.74, 6) is -0.284. The molecule has 1 aliphatic heterocycles. The molecule has 8 heteroatoms. The Kier molecular flexibility index (Phi) is 6.47. The third-order valence-corrected chi connectivity index (χ3v) is 8.16. The number of aromatic nitrogens is 1. The summed E-state index contributed by atoms with van der Waals surface area (Å²) in [5.41, 5.74) is 3.97. The Morgan fingerprint density at radius 3 is 2.43 bits per heavy atom. The molecule has 182 valence electrons. The summed E-state index contributed by atoms with van der Waals surface area (Å²) in [7, 11) is 0. The van der Waals surface area contributed by atoms with Crippen LogP contribution in [-0.2, 0) is 21.6 Å². The molecule has 1 amide bonds. The van der Waals surface area contributed by atoms with E-state index >= 15 is 0 Å². The maximum Gasteiger partial charge on any atom is 0.412 e. The van der Waals surface area contributed by atoms with Crippen LogP contribution < -0.4 is 10.2 Å². The van der Waals surface area contributed by atoms with Crippen molar-refractivity contribution in [2.45, 2.75) is 50.5 Å². The average Bonchev–Trinajstić information content (AvgIpc) is 3.63.